The first-order chi connectivity index (χ1) is 21.4. The van der Waals surface area contributed by atoms with Gasteiger partial charge in [0, 0.05) is 9.99 Å². The molecule has 5 atom stereocenters. The Labute approximate surface area is 272 Å². The normalized spacial score (nSPS) is 22.0. The lowest BCUT2D eigenvalue weighted by Gasteiger charge is -2.43. The molecule has 0 radical (unpaired) electrons. The van der Waals surface area contributed by atoms with E-state index in [2.05, 4.69) is 29.2 Å². The summed E-state index contributed by atoms with van der Waals surface area (Å²) in [5, 5.41) is 11.3. The number of carbonyl (C=O) groups excluding carboxylic acids is 1. The van der Waals surface area contributed by atoms with Crippen LogP contribution in [0.1, 0.15) is 17.5 Å². The van der Waals surface area contributed by atoms with Gasteiger partial charge in [-0.25, -0.2) is 0 Å². The molecule has 1 saturated heterocycles. The van der Waals surface area contributed by atoms with E-state index in [1.165, 1.54) is 6.08 Å². The van der Waals surface area contributed by atoms with Gasteiger partial charge < -0.3 is 24.1 Å². The molecule has 1 aliphatic heterocycles. The van der Waals surface area contributed by atoms with Crippen molar-refractivity contribution in [2.45, 2.75) is 54.6 Å². The predicted octanol–water partition coefficient (Wildman–Crippen LogP) is 5.30. The molecule has 0 aromatic heterocycles. The molecule has 0 aliphatic carbocycles. The molecule has 14 heteroatoms. The highest BCUT2D eigenvalue weighted by Crippen LogP contribution is 2.32. The third kappa shape index (κ3) is 9.73. The molecule has 3 aromatic carbocycles. The van der Waals surface area contributed by atoms with Gasteiger partial charge in [0.1, 0.15) is 18.0 Å². The Bertz CT molecular complexity index is 1540. The van der Waals surface area contributed by atoms with Crippen molar-refractivity contribution in [1.29, 1.82) is 0 Å². The van der Waals surface area contributed by atoms with Crippen LogP contribution < -0.4 is 4.74 Å². The van der Waals surface area contributed by atoms with Crippen molar-refractivity contribution in [3.63, 3.8) is 0 Å². The average molecular weight is 763 g/mol. The van der Waals surface area contributed by atoms with Gasteiger partial charge in [-0.05, 0) is 77.0 Å². The fourth-order valence-electron chi connectivity index (χ4n) is 4.41. The van der Waals surface area contributed by atoms with Crippen LogP contribution >= 0.6 is 22.6 Å². The third-order valence-electron chi connectivity index (χ3n) is 6.66. The summed E-state index contributed by atoms with van der Waals surface area (Å²) >= 11 is 2.10. The largest absolute Gasteiger partial charge is 0.462 e. The fraction of sp³-hybridized carbons (Fsp3) is 0.323. The van der Waals surface area contributed by atoms with Crippen LogP contribution in [-0.2, 0) is 45.9 Å². The zero-order chi connectivity index (χ0) is 32.6. The Hall–Kier alpha value is -3.02. The molecule has 45 heavy (non-hydrogen) atoms. The Morgan fingerprint density at radius 3 is 2.40 bits per heavy atom. The van der Waals surface area contributed by atoms with Gasteiger partial charge in [-0.15, -0.1) is 6.58 Å². The standard InChI is InChI=1S/C31H30F3IO9S/c1-2-17-40-29-28(44-26(36)16-11-20-7-4-3-5-8-20)27(37)25(43-30(29)42-23-14-12-22(35)13-15-23)19-41-45(38,39)24-10-6-9-21(18-24)31(32,33)34/h2-10,12-15,18,25,27-30,37H,1,11,16-17,19H2/t25-,27-,28+,29-,30-/m1/s1. The summed E-state index contributed by atoms with van der Waals surface area (Å²) in [6, 6.07) is 19.0. The van der Waals surface area contributed by atoms with Crippen LogP contribution in [-0.4, -0.2) is 63.4 Å². The minimum Gasteiger partial charge on any atom is -0.462 e. The number of aryl methyl sites for hydroxylation is 1. The maximum atomic E-state index is 13.2. The van der Waals surface area contributed by atoms with E-state index >= 15 is 0 Å². The van der Waals surface area contributed by atoms with E-state index in [0.717, 1.165) is 27.3 Å². The van der Waals surface area contributed by atoms with E-state index in [-0.39, 0.29) is 13.0 Å². The average Bonchev–Trinajstić information content (AvgIpc) is 3.01. The van der Waals surface area contributed by atoms with Crippen LogP contribution in [0, 0.1) is 3.57 Å². The topological polar surface area (TPSA) is 118 Å². The zero-order valence-electron chi connectivity index (χ0n) is 23.6. The summed E-state index contributed by atoms with van der Waals surface area (Å²) in [5.74, 6) is -0.351. The molecule has 0 amide bonds. The summed E-state index contributed by atoms with van der Waals surface area (Å²) in [6.45, 7) is 2.72. The van der Waals surface area contributed by atoms with Gasteiger partial charge in [0.05, 0.1) is 23.7 Å². The maximum Gasteiger partial charge on any atom is 0.416 e. The molecule has 1 heterocycles. The number of benzene rings is 3. The monoisotopic (exact) mass is 762 g/mol. The highest BCUT2D eigenvalue weighted by Gasteiger charge is 2.50. The van der Waals surface area contributed by atoms with Crippen molar-refractivity contribution >= 4 is 38.7 Å². The number of alkyl halides is 3. The van der Waals surface area contributed by atoms with Crippen LogP contribution in [0.25, 0.3) is 0 Å². The number of esters is 1. The van der Waals surface area contributed by atoms with E-state index in [1.807, 2.05) is 30.3 Å². The number of hydrogen-bond donors (Lipinski definition) is 1. The zero-order valence-corrected chi connectivity index (χ0v) is 26.6. The van der Waals surface area contributed by atoms with Crippen LogP contribution in [0.4, 0.5) is 13.2 Å². The van der Waals surface area contributed by atoms with Gasteiger partial charge in [-0.1, -0.05) is 42.5 Å². The molecular formula is C31H30F3IO9S. The molecular weight excluding hydrogens is 732 g/mol. The second kappa shape index (κ2) is 15.5. The lowest BCUT2D eigenvalue weighted by molar-refractivity contribution is -0.288. The molecule has 0 spiro atoms. The Balaban J connectivity index is 1.57. The highest BCUT2D eigenvalue weighted by molar-refractivity contribution is 14.1. The number of carbonyl (C=O) groups is 1. The van der Waals surface area contributed by atoms with Crippen LogP contribution in [0.2, 0.25) is 0 Å². The van der Waals surface area contributed by atoms with Gasteiger partial charge in [0.25, 0.3) is 10.1 Å². The van der Waals surface area contributed by atoms with E-state index < -0.39 is 70.0 Å². The smallest absolute Gasteiger partial charge is 0.416 e. The van der Waals surface area contributed by atoms with Crippen molar-refractivity contribution in [3.8, 4) is 5.75 Å². The van der Waals surface area contributed by atoms with Crippen LogP contribution in [0.3, 0.4) is 0 Å². The van der Waals surface area contributed by atoms with Gasteiger partial charge in [-0.3, -0.25) is 8.98 Å². The molecule has 9 nitrogen and oxygen atoms in total. The van der Waals surface area contributed by atoms with Crippen molar-refractivity contribution in [2.24, 2.45) is 0 Å². The first kappa shape index (κ1) is 34.8. The van der Waals surface area contributed by atoms with E-state index in [0.29, 0.717) is 18.2 Å². The summed E-state index contributed by atoms with van der Waals surface area (Å²) in [4.78, 5) is 12.2. The molecule has 242 valence electrons. The summed E-state index contributed by atoms with van der Waals surface area (Å²) in [6.07, 6.45) is -10.2. The lowest BCUT2D eigenvalue weighted by atomic mass is 9.98. The summed E-state index contributed by atoms with van der Waals surface area (Å²) in [7, 11) is -4.74. The second-order valence-corrected chi connectivity index (χ2v) is 12.8. The van der Waals surface area contributed by atoms with Crippen molar-refractivity contribution in [1.82, 2.24) is 0 Å². The first-order valence-corrected chi connectivity index (χ1v) is 16.1. The third-order valence-corrected chi connectivity index (χ3v) is 8.65. The summed E-state index contributed by atoms with van der Waals surface area (Å²) < 4.78 is 94.7. The van der Waals surface area contributed by atoms with Crippen LogP contribution in [0.5, 0.6) is 5.75 Å². The van der Waals surface area contributed by atoms with Gasteiger partial charge in [0.15, 0.2) is 12.2 Å². The fourth-order valence-corrected chi connectivity index (χ4v) is 5.74. The predicted molar refractivity (Wildman–Crippen MR) is 164 cm³/mol. The minimum atomic E-state index is -4.79. The van der Waals surface area contributed by atoms with Crippen molar-refractivity contribution < 1.29 is 54.6 Å². The van der Waals surface area contributed by atoms with Gasteiger partial charge in [0.2, 0.25) is 6.29 Å². The molecule has 1 fully saturated rings. The lowest BCUT2D eigenvalue weighted by Crippen LogP contribution is -2.62. The Kier molecular flexibility index (Phi) is 12.0. The van der Waals surface area contributed by atoms with E-state index in [1.54, 1.807) is 24.3 Å². The molecule has 3 aromatic rings. The molecule has 1 N–H and O–H groups in total. The minimum absolute atomic E-state index is 0.0452. The molecule has 4 rings (SSSR count). The SMILES string of the molecule is C=CCO[C@H]1[C@H](Oc2ccc(I)cc2)O[C@H](COS(=O)(=O)c2cccc(C(F)(F)F)c2)[C@@H](O)[C@@H]1OC(=O)CCc1ccccc1. The number of rotatable bonds is 13. The Morgan fingerprint density at radius 2 is 1.73 bits per heavy atom. The van der Waals surface area contributed by atoms with Crippen molar-refractivity contribution in [2.75, 3.05) is 13.2 Å². The van der Waals surface area contributed by atoms with Crippen LogP contribution in [0.15, 0.2) is 96.4 Å². The number of halogens is 4. The van der Waals surface area contributed by atoms with E-state index in [9.17, 15) is 31.5 Å². The van der Waals surface area contributed by atoms with Crippen molar-refractivity contribution in [3.05, 3.63) is 106 Å². The molecule has 0 bridgehead atoms. The maximum absolute atomic E-state index is 13.2. The number of aliphatic hydroxyl groups is 1. The highest BCUT2D eigenvalue weighted by atomic mass is 127. The molecule has 0 unspecified atom stereocenters. The number of aliphatic hydroxyl groups excluding tert-OH is 1. The van der Waals surface area contributed by atoms with E-state index in [4.69, 9.17) is 23.1 Å². The van der Waals surface area contributed by atoms with Gasteiger partial charge >= 0.3 is 12.1 Å². The number of hydrogen-bond acceptors (Lipinski definition) is 9. The molecule has 1 aliphatic rings. The van der Waals surface area contributed by atoms with Gasteiger partial charge in [-0.2, -0.15) is 21.6 Å². The quantitative estimate of drug-likeness (QED) is 0.107. The summed E-state index contributed by atoms with van der Waals surface area (Å²) in [5.41, 5.74) is -0.302. The second-order valence-electron chi connectivity index (χ2n) is 9.90. The first-order valence-electron chi connectivity index (χ1n) is 13.7. The molecule has 0 saturated carbocycles. The number of ether oxygens (including phenoxy) is 4. The Morgan fingerprint density at radius 1 is 1.02 bits per heavy atom.